The normalized spacial score (nSPS) is 11.7. The SMILES string of the molecule is Cc1nccc(CNS(=O)(=O)c2csc(CO)c2)n1. The summed E-state index contributed by atoms with van der Waals surface area (Å²) in [7, 11) is -3.57. The summed E-state index contributed by atoms with van der Waals surface area (Å²) in [5.74, 6) is 0.592. The van der Waals surface area contributed by atoms with E-state index in [1.807, 2.05) is 0 Å². The lowest BCUT2D eigenvalue weighted by Crippen LogP contribution is -2.23. The summed E-state index contributed by atoms with van der Waals surface area (Å²) < 4.78 is 26.4. The molecule has 0 atom stereocenters. The first-order chi connectivity index (χ1) is 9.01. The highest BCUT2D eigenvalue weighted by Crippen LogP contribution is 2.19. The topological polar surface area (TPSA) is 92.2 Å². The van der Waals surface area contributed by atoms with E-state index in [4.69, 9.17) is 5.11 Å². The minimum absolute atomic E-state index is 0.107. The molecule has 2 N–H and O–H groups in total. The molecule has 0 fully saturated rings. The molecule has 2 rings (SSSR count). The van der Waals surface area contributed by atoms with Crippen LogP contribution in [-0.4, -0.2) is 23.5 Å². The molecule has 19 heavy (non-hydrogen) atoms. The van der Waals surface area contributed by atoms with Crippen molar-refractivity contribution in [1.82, 2.24) is 14.7 Å². The van der Waals surface area contributed by atoms with Crippen LogP contribution in [0.25, 0.3) is 0 Å². The molecule has 102 valence electrons. The maximum absolute atomic E-state index is 12.0. The van der Waals surface area contributed by atoms with Gasteiger partial charge in [-0.1, -0.05) is 0 Å². The van der Waals surface area contributed by atoms with Crippen LogP contribution in [0.2, 0.25) is 0 Å². The van der Waals surface area contributed by atoms with Crippen molar-refractivity contribution in [1.29, 1.82) is 0 Å². The van der Waals surface area contributed by atoms with Crippen LogP contribution < -0.4 is 4.72 Å². The van der Waals surface area contributed by atoms with E-state index < -0.39 is 10.0 Å². The molecule has 0 bridgehead atoms. The van der Waals surface area contributed by atoms with Crippen LogP contribution in [-0.2, 0) is 23.2 Å². The molecule has 0 aliphatic carbocycles. The summed E-state index contributed by atoms with van der Waals surface area (Å²) in [5, 5.41) is 10.4. The fraction of sp³-hybridized carbons (Fsp3) is 0.273. The van der Waals surface area contributed by atoms with Gasteiger partial charge in [0.05, 0.1) is 23.7 Å². The van der Waals surface area contributed by atoms with Gasteiger partial charge in [0.1, 0.15) is 5.82 Å². The van der Waals surface area contributed by atoms with Crippen LogP contribution in [0.15, 0.2) is 28.6 Å². The predicted octanol–water partition coefficient (Wildman–Crippen LogP) is 0.817. The van der Waals surface area contributed by atoms with Gasteiger partial charge in [-0.25, -0.2) is 23.1 Å². The zero-order valence-corrected chi connectivity index (χ0v) is 11.8. The van der Waals surface area contributed by atoms with Crippen molar-refractivity contribution in [2.24, 2.45) is 0 Å². The molecule has 0 amide bonds. The summed E-state index contributed by atoms with van der Waals surface area (Å²) >= 11 is 1.21. The van der Waals surface area contributed by atoms with Gasteiger partial charge >= 0.3 is 0 Å². The summed E-state index contributed by atoms with van der Waals surface area (Å²) in [6, 6.07) is 3.11. The minimum Gasteiger partial charge on any atom is -0.391 e. The fourth-order valence-electron chi connectivity index (χ4n) is 1.44. The van der Waals surface area contributed by atoms with Crippen molar-refractivity contribution in [3.05, 3.63) is 40.1 Å². The molecule has 0 spiro atoms. The Kier molecular flexibility index (Phi) is 4.25. The van der Waals surface area contributed by atoms with Gasteiger partial charge in [0.25, 0.3) is 0 Å². The number of hydrogen-bond acceptors (Lipinski definition) is 6. The van der Waals surface area contributed by atoms with Crippen LogP contribution in [0.3, 0.4) is 0 Å². The van der Waals surface area contributed by atoms with E-state index in [9.17, 15) is 8.42 Å². The van der Waals surface area contributed by atoms with Crippen LogP contribution in [0.4, 0.5) is 0 Å². The van der Waals surface area contributed by atoms with E-state index in [0.29, 0.717) is 16.4 Å². The number of thiophene rings is 1. The number of aromatic nitrogens is 2. The number of hydrogen-bond donors (Lipinski definition) is 2. The van der Waals surface area contributed by atoms with E-state index in [2.05, 4.69) is 14.7 Å². The van der Waals surface area contributed by atoms with E-state index in [-0.39, 0.29) is 18.0 Å². The van der Waals surface area contributed by atoms with Crippen LogP contribution >= 0.6 is 11.3 Å². The van der Waals surface area contributed by atoms with Gasteiger partial charge in [0.15, 0.2) is 0 Å². The predicted molar refractivity (Wildman–Crippen MR) is 71.0 cm³/mol. The highest BCUT2D eigenvalue weighted by Gasteiger charge is 2.16. The summed E-state index contributed by atoms with van der Waals surface area (Å²) in [5.41, 5.74) is 0.605. The summed E-state index contributed by atoms with van der Waals surface area (Å²) in [6.07, 6.45) is 1.58. The van der Waals surface area contributed by atoms with E-state index in [1.54, 1.807) is 19.2 Å². The first-order valence-electron chi connectivity index (χ1n) is 5.48. The van der Waals surface area contributed by atoms with Gasteiger partial charge in [-0.05, 0) is 19.1 Å². The molecule has 2 aromatic heterocycles. The lowest BCUT2D eigenvalue weighted by Gasteiger charge is -2.04. The van der Waals surface area contributed by atoms with E-state index in [1.165, 1.54) is 22.8 Å². The first-order valence-corrected chi connectivity index (χ1v) is 7.84. The molecule has 0 aliphatic rings. The molecule has 2 aromatic rings. The van der Waals surface area contributed by atoms with Crippen molar-refractivity contribution in [2.75, 3.05) is 0 Å². The van der Waals surface area contributed by atoms with E-state index in [0.717, 1.165) is 0 Å². The Labute approximate surface area is 115 Å². The van der Waals surface area contributed by atoms with Crippen LogP contribution in [0.5, 0.6) is 0 Å². The molecular formula is C11H13N3O3S2. The molecule has 0 saturated carbocycles. The van der Waals surface area contributed by atoms with Crippen molar-refractivity contribution < 1.29 is 13.5 Å². The Balaban J connectivity index is 2.09. The van der Waals surface area contributed by atoms with Crippen molar-refractivity contribution in [3.8, 4) is 0 Å². The van der Waals surface area contributed by atoms with Gasteiger partial charge in [0, 0.05) is 16.5 Å². The third-order valence-electron chi connectivity index (χ3n) is 2.37. The molecule has 0 aromatic carbocycles. The highest BCUT2D eigenvalue weighted by atomic mass is 32.2. The molecule has 0 unspecified atom stereocenters. The maximum atomic E-state index is 12.0. The van der Waals surface area contributed by atoms with Crippen molar-refractivity contribution in [2.45, 2.75) is 25.0 Å². The van der Waals surface area contributed by atoms with Gasteiger partial charge < -0.3 is 5.11 Å². The number of sulfonamides is 1. The second-order valence-electron chi connectivity index (χ2n) is 3.83. The lowest BCUT2D eigenvalue weighted by atomic mass is 10.4. The standard InChI is InChI=1S/C11H13N3O3S2/c1-8-12-3-2-9(14-8)5-13-19(16,17)11-4-10(6-15)18-7-11/h2-4,7,13,15H,5-6H2,1H3. The Hall–Kier alpha value is -1.35. The largest absolute Gasteiger partial charge is 0.391 e. The number of nitrogens with one attached hydrogen (secondary N) is 1. The molecule has 0 radical (unpaired) electrons. The van der Waals surface area contributed by atoms with Gasteiger partial charge in [-0.3, -0.25) is 0 Å². The third-order valence-corrected chi connectivity index (χ3v) is 4.82. The zero-order chi connectivity index (χ0) is 13.9. The molecule has 8 heteroatoms. The smallest absolute Gasteiger partial charge is 0.241 e. The number of aliphatic hydroxyl groups excluding tert-OH is 1. The van der Waals surface area contributed by atoms with Gasteiger partial charge in [0.2, 0.25) is 10.0 Å². The Morgan fingerprint density at radius 1 is 1.47 bits per heavy atom. The van der Waals surface area contributed by atoms with Crippen molar-refractivity contribution in [3.63, 3.8) is 0 Å². The minimum atomic E-state index is -3.57. The average Bonchev–Trinajstić information content (AvgIpc) is 2.86. The molecule has 0 saturated heterocycles. The maximum Gasteiger partial charge on any atom is 0.241 e. The molecular weight excluding hydrogens is 286 g/mol. The number of aliphatic hydroxyl groups is 1. The van der Waals surface area contributed by atoms with E-state index >= 15 is 0 Å². The quantitative estimate of drug-likeness (QED) is 0.852. The number of aryl methyl sites for hydroxylation is 1. The highest BCUT2D eigenvalue weighted by molar-refractivity contribution is 7.89. The second kappa shape index (κ2) is 5.74. The molecule has 2 heterocycles. The summed E-state index contributed by atoms with van der Waals surface area (Å²) in [6.45, 7) is 1.69. The Morgan fingerprint density at radius 2 is 2.26 bits per heavy atom. The van der Waals surface area contributed by atoms with Crippen LogP contribution in [0, 0.1) is 6.92 Å². The van der Waals surface area contributed by atoms with Gasteiger partial charge in [-0.2, -0.15) is 0 Å². The first kappa shape index (κ1) is 14.1. The van der Waals surface area contributed by atoms with Crippen molar-refractivity contribution >= 4 is 21.4 Å². The average molecular weight is 299 g/mol. The fourth-order valence-corrected chi connectivity index (χ4v) is 3.57. The third kappa shape index (κ3) is 3.57. The second-order valence-corrected chi connectivity index (χ2v) is 6.59. The number of rotatable bonds is 5. The lowest BCUT2D eigenvalue weighted by molar-refractivity contribution is 0.285. The Morgan fingerprint density at radius 3 is 2.89 bits per heavy atom. The summed E-state index contributed by atoms with van der Waals surface area (Å²) in [4.78, 5) is 8.83. The zero-order valence-electron chi connectivity index (χ0n) is 10.2. The molecule has 0 aliphatic heterocycles. The molecule has 6 nitrogen and oxygen atoms in total. The monoisotopic (exact) mass is 299 g/mol. The van der Waals surface area contributed by atoms with Crippen LogP contribution in [0.1, 0.15) is 16.4 Å². The Bertz CT molecular complexity index is 667. The van der Waals surface area contributed by atoms with Gasteiger partial charge in [-0.15, -0.1) is 11.3 Å². The number of nitrogens with zero attached hydrogens (tertiary/aromatic N) is 2.